The van der Waals surface area contributed by atoms with E-state index < -0.39 is 0 Å². The molecule has 1 aromatic rings. The van der Waals surface area contributed by atoms with Gasteiger partial charge in [-0.3, -0.25) is 0 Å². The van der Waals surface area contributed by atoms with Gasteiger partial charge in [0.1, 0.15) is 0 Å². The van der Waals surface area contributed by atoms with Gasteiger partial charge in [0.25, 0.3) is 0 Å². The Morgan fingerprint density at radius 1 is 1.25 bits per heavy atom. The highest BCUT2D eigenvalue weighted by Gasteiger charge is 2.14. The van der Waals surface area contributed by atoms with E-state index in [1.54, 1.807) is 0 Å². The van der Waals surface area contributed by atoms with Crippen LogP contribution in [-0.4, -0.2) is 17.6 Å². The third-order valence-corrected chi connectivity index (χ3v) is 3.22. The fraction of sp³-hybridized carbons (Fsp3) is 0.706. The van der Waals surface area contributed by atoms with E-state index in [1.165, 1.54) is 11.1 Å². The lowest BCUT2D eigenvalue weighted by Crippen LogP contribution is -2.23. The van der Waals surface area contributed by atoms with Gasteiger partial charge in [0.15, 0.2) is 0 Å². The van der Waals surface area contributed by atoms with Crippen LogP contribution in [0, 0.1) is 19.3 Å². The lowest BCUT2D eigenvalue weighted by Gasteiger charge is -2.20. The molecule has 0 saturated carbocycles. The minimum absolute atomic E-state index is 0.287. The monoisotopic (exact) mass is 278 g/mol. The van der Waals surface area contributed by atoms with Gasteiger partial charge in [0, 0.05) is 23.8 Å². The minimum atomic E-state index is 0.287. The van der Waals surface area contributed by atoms with Crippen molar-refractivity contribution in [3.63, 3.8) is 0 Å². The molecular formula is C17H30N2O. The summed E-state index contributed by atoms with van der Waals surface area (Å²) in [4.78, 5) is 4.57. The number of hydrogen-bond acceptors (Lipinski definition) is 3. The quantitative estimate of drug-likeness (QED) is 0.853. The highest BCUT2D eigenvalue weighted by molar-refractivity contribution is 5.35. The molecule has 3 nitrogen and oxygen atoms in total. The van der Waals surface area contributed by atoms with Gasteiger partial charge in [-0.25, -0.2) is 4.98 Å². The molecule has 0 atom stereocenters. The van der Waals surface area contributed by atoms with Crippen LogP contribution in [0.2, 0.25) is 0 Å². The molecule has 1 heterocycles. The van der Waals surface area contributed by atoms with E-state index >= 15 is 0 Å². The predicted octanol–water partition coefficient (Wildman–Crippen LogP) is 4.01. The Kier molecular flexibility index (Phi) is 6.00. The number of hydrogen-bond donors (Lipinski definition) is 1. The van der Waals surface area contributed by atoms with Crippen LogP contribution in [0.3, 0.4) is 0 Å². The highest BCUT2D eigenvalue weighted by atomic mass is 16.5. The molecule has 1 aromatic heterocycles. The Balaban J connectivity index is 2.81. The van der Waals surface area contributed by atoms with Crippen molar-refractivity contribution in [1.29, 1.82) is 0 Å². The standard InChI is InChI=1S/C17H30N2O/c1-12(2)18-11-15-13(3)10-14(4)19-16(15)20-9-8-17(5,6)7/h10,12,18H,8-9,11H2,1-7H3. The molecule has 0 aliphatic rings. The third kappa shape index (κ3) is 5.91. The van der Waals surface area contributed by atoms with Gasteiger partial charge >= 0.3 is 0 Å². The molecule has 1 N–H and O–H groups in total. The summed E-state index contributed by atoms with van der Waals surface area (Å²) in [5.74, 6) is 0.792. The molecule has 0 aliphatic carbocycles. The van der Waals surface area contributed by atoms with Crippen LogP contribution in [0.15, 0.2) is 6.07 Å². The summed E-state index contributed by atoms with van der Waals surface area (Å²) in [7, 11) is 0. The van der Waals surface area contributed by atoms with Crippen molar-refractivity contribution in [2.45, 2.75) is 67.5 Å². The van der Waals surface area contributed by atoms with Crippen LogP contribution < -0.4 is 10.1 Å². The van der Waals surface area contributed by atoms with Gasteiger partial charge in [-0.15, -0.1) is 0 Å². The number of aryl methyl sites for hydroxylation is 2. The number of nitrogens with zero attached hydrogens (tertiary/aromatic N) is 1. The van der Waals surface area contributed by atoms with Crippen molar-refractivity contribution in [2.24, 2.45) is 5.41 Å². The van der Waals surface area contributed by atoms with E-state index in [9.17, 15) is 0 Å². The summed E-state index contributed by atoms with van der Waals surface area (Å²) in [6.07, 6.45) is 1.03. The summed E-state index contributed by atoms with van der Waals surface area (Å²) in [6.45, 7) is 16.7. The maximum Gasteiger partial charge on any atom is 0.218 e. The van der Waals surface area contributed by atoms with Crippen LogP contribution >= 0.6 is 0 Å². The zero-order valence-electron chi connectivity index (χ0n) is 14.1. The second-order valence-electron chi connectivity index (χ2n) is 7.06. The van der Waals surface area contributed by atoms with Gasteiger partial charge in [-0.1, -0.05) is 34.6 Å². The minimum Gasteiger partial charge on any atom is -0.477 e. The Morgan fingerprint density at radius 3 is 2.45 bits per heavy atom. The molecule has 0 unspecified atom stereocenters. The summed E-state index contributed by atoms with van der Waals surface area (Å²) in [6, 6.07) is 2.58. The topological polar surface area (TPSA) is 34.1 Å². The Hall–Kier alpha value is -1.09. The van der Waals surface area contributed by atoms with Crippen molar-refractivity contribution in [3.05, 3.63) is 22.9 Å². The number of rotatable bonds is 6. The molecular weight excluding hydrogens is 248 g/mol. The molecule has 0 fully saturated rings. The van der Waals surface area contributed by atoms with Gasteiger partial charge in [-0.05, 0) is 37.3 Å². The van der Waals surface area contributed by atoms with Gasteiger partial charge < -0.3 is 10.1 Å². The van der Waals surface area contributed by atoms with E-state index in [4.69, 9.17) is 4.74 Å². The first-order chi connectivity index (χ1) is 9.19. The first-order valence-corrected chi connectivity index (χ1v) is 7.52. The molecule has 0 aromatic carbocycles. The number of aromatic nitrogens is 1. The Morgan fingerprint density at radius 2 is 1.90 bits per heavy atom. The van der Waals surface area contributed by atoms with E-state index in [0.717, 1.165) is 24.5 Å². The maximum absolute atomic E-state index is 5.96. The van der Waals surface area contributed by atoms with Crippen LogP contribution in [0.1, 0.15) is 57.9 Å². The largest absolute Gasteiger partial charge is 0.477 e. The molecule has 0 spiro atoms. The summed E-state index contributed by atoms with van der Waals surface area (Å²) >= 11 is 0. The maximum atomic E-state index is 5.96. The Labute approximate surface area is 124 Å². The number of nitrogens with one attached hydrogen (secondary N) is 1. The molecule has 3 heteroatoms. The van der Waals surface area contributed by atoms with E-state index in [0.29, 0.717) is 12.6 Å². The molecule has 1 rings (SSSR count). The molecule has 0 radical (unpaired) electrons. The van der Waals surface area contributed by atoms with Crippen LogP contribution in [0.25, 0.3) is 0 Å². The number of ether oxygens (including phenoxy) is 1. The van der Waals surface area contributed by atoms with E-state index in [1.807, 2.05) is 6.92 Å². The highest BCUT2D eigenvalue weighted by Crippen LogP contribution is 2.23. The van der Waals surface area contributed by atoms with Crippen molar-refractivity contribution < 1.29 is 4.74 Å². The van der Waals surface area contributed by atoms with E-state index in [2.05, 4.69) is 57.9 Å². The van der Waals surface area contributed by atoms with Crippen LogP contribution in [-0.2, 0) is 6.54 Å². The van der Waals surface area contributed by atoms with Crippen LogP contribution in [0.4, 0.5) is 0 Å². The van der Waals surface area contributed by atoms with Crippen molar-refractivity contribution in [1.82, 2.24) is 10.3 Å². The van der Waals surface area contributed by atoms with Gasteiger partial charge in [0.05, 0.1) is 6.61 Å². The zero-order valence-corrected chi connectivity index (χ0v) is 14.1. The average molecular weight is 278 g/mol. The number of pyridine rings is 1. The summed E-state index contributed by atoms with van der Waals surface area (Å²) in [5.41, 5.74) is 3.73. The fourth-order valence-electron chi connectivity index (χ4n) is 1.92. The van der Waals surface area contributed by atoms with Crippen LogP contribution in [0.5, 0.6) is 5.88 Å². The summed E-state index contributed by atoms with van der Waals surface area (Å²) in [5, 5.41) is 3.45. The average Bonchev–Trinajstić information content (AvgIpc) is 2.25. The molecule has 0 bridgehead atoms. The Bertz CT molecular complexity index is 433. The molecule has 20 heavy (non-hydrogen) atoms. The molecule has 0 amide bonds. The smallest absolute Gasteiger partial charge is 0.218 e. The molecule has 114 valence electrons. The third-order valence-electron chi connectivity index (χ3n) is 3.22. The summed E-state index contributed by atoms with van der Waals surface area (Å²) < 4.78 is 5.96. The molecule has 0 aliphatic heterocycles. The van der Waals surface area contributed by atoms with E-state index in [-0.39, 0.29) is 5.41 Å². The SMILES string of the molecule is Cc1cc(C)c(CNC(C)C)c(OCCC(C)(C)C)n1. The lowest BCUT2D eigenvalue weighted by atomic mass is 9.93. The first kappa shape index (κ1) is 17.0. The fourth-order valence-corrected chi connectivity index (χ4v) is 1.92. The van der Waals surface area contributed by atoms with Gasteiger partial charge in [-0.2, -0.15) is 0 Å². The molecule has 0 saturated heterocycles. The second-order valence-corrected chi connectivity index (χ2v) is 7.06. The van der Waals surface area contributed by atoms with Crippen molar-refractivity contribution in [3.8, 4) is 5.88 Å². The normalized spacial score (nSPS) is 12.0. The second kappa shape index (κ2) is 7.07. The lowest BCUT2D eigenvalue weighted by molar-refractivity contribution is 0.233. The van der Waals surface area contributed by atoms with Gasteiger partial charge in [0.2, 0.25) is 5.88 Å². The zero-order chi connectivity index (χ0) is 15.3. The predicted molar refractivity (Wildman–Crippen MR) is 85.3 cm³/mol. The van der Waals surface area contributed by atoms with Crippen molar-refractivity contribution in [2.75, 3.05) is 6.61 Å². The first-order valence-electron chi connectivity index (χ1n) is 7.52. The van der Waals surface area contributed by atoms with Crippen molar-refractivity contribution >= 4 is 0 Å².